The molecule has 1 aliphatic heterocycles. The molecule has 0 fully saturated rings. The number of rotatable bonds is 7. The lowest BCUT2D eigenvalue weighted by molar-refractivity contribution is -0.592. The molecule has 0 radical (unpaired) electrons. The number of allylic oxidation sites excluding steroid dienone is 1. The first-order valence-corrected chi connectivity index (χ1v) is 11.4. The zero-order valence-electron chi connectivity index (χ0n) is 17.8. The predicted molar refractivity (Wildman–Crippen MR) is 129 cm³/mol. The van der Waals surface area contributed by atoms with E-state index in [4.69, 9.17) is 4.74 Å². The van der Waals surface area contributed by atoms with Crippen molar-refractivity contribution in [3.05, 3.63) is 102 Å². The monoisotopic (exact) mass is 431 g/mol. The molecule has 0 spiro atoms. The third-order valence-electron chi connectivity index (χ3n) is 5.11. The van der Waals surface area contributed by atoms with Crippen LogP contribution in [0.25, 0.3) is 0 Å². The van der Waals surface area contributed by atoms with E-state index in [-0.39, 0.29) is 0 Å². The number of aliphatic hydroxyl groups is 1. The van der Waals surface area contributed by atoms with Gasteiger partial charge in [-0.15, -0.1) is 0 Å². The van der Waals surface area contributed by atoms with E-state index in [9.17, 15) is 5.11 Å². The number of para-hydroxylation sites is 1. The van der Waals surface area contributed by atoms with Crippen LogP contribution in [0.3, 0.4) is 0 Å². The van der Waals surface area contributed by atoms with E-state index in [1.807, 2.05) is 103 Å². The summed E-state index contributed by atoms with van der Waals surface area (Å²) < 4.78 is 7.54. The van der Waals surface area contributed by atoms with Crippen LogP contribution >= 0.6 is 11.8 Å². The van der Waals surface area contributed by atoms with Crippen molar-refractivity contribution >= 4 is 28.2 Å². The fourth-order valence-electron chi connectivity index (χ4n) is 3.68. The Morgan fingerprint density at radius 3 is 2.32 bits per heavy atom. The molecule has 0 amide bonds. The maximum Gasteiger partial charge on any atom is 0.307 e. The van der Waals surface area contributed by atoms with Crippen LogP contribution in [0.4, 0.5) is 11.4 Å². The van der Waals surface area contributed by atoms with Gasteiger partial charge in [0.2, 0.25) is 10.7 Å². The number of hydrogen-bond acceptors (Lipinski definition) is 4. The summed E-state index contributed by atoms with van der Waals surface area (Å²) >= 11 is 1.65. The van der Waals surface area contributed by atoms with Gasteiger partial charge in [-0.05, 0) is 62.0 Å². The third kappa shape index (κ3) is 4.68. The zero-order chi connectivity index (χ0) is 21.7. The molecule has 4 nitrogen and oxygen atoms in total. The van der Waals surface area contributed by atoms with Crippen LogP contribution < -0.4 is 10.1 Å². The van der Waals surface area contributed by atoms with E-state index in [0.717, 1.165) is 33.4 Å². The Balaban J connectivity index is 1.69. The second-order valence-electron chi connectivity index (χ2n) is 7.39. The van der Waals surface area contributed by atoms with Gasteiger partial charge in [-0.3, -0.25) is 0 Å². The zero-order valence-corrected chi connectivity index (χ0v) is 18.6. The normalized spacial score (nSPS) is 18.9. The first kappa shape index (κ1) is 21.2. The first-order valence-electron chi connectivity index (χ1n) is 10.4. The van der Waals surface area contributed by atoms with Crippen molar-refractivity contribution < 1.29 is 14.4 Å². The lowest BCUT2D eigenvalue weighted by atomic mass is 10.0. The number of hydrogen-bond donors (Lipinski definition) is 2. The molecule has 3 aromatic carbocycles. The number of benzene rings is 3. The van der Waals surface area contributed by atoms with Crippen molar-refractivity contribution in [3.63, 3.8) is 0 Å². The van der Waals surface area contributed by atoms with Crippen molar-refractivity contribution in [2.75, 3.05) is 17.7 Å². The van der Waals surface area contributed by atoms with Crippen molar-refractivity contribution in [3.8, 4) is 5.75 Å². The van der Waals surface area contributed by atoms with Gasteiger partial charge in [-0.2, -0.15) is 4.58 Å². The molecule has 31 heavy (non-hydrogen) atoms. The predicted octanol–water partition coefficient (Wildman–Crippen LogP) is 5.74. The summed E-state index contributed by atoms with van der Waals surface area (Å²) in [6.07, 6.45) is 2.09. The molecule has 2 N–H and O–H groups in total. The van der Waals surface area contributed by atoms with Crippen LogP contribution in [0.5, 0.6) is 5.75 Å². The fraction of sp³-hybridized carbons (Fsp3) is 0.192. The molecule has 4 rings (SSSR count). The van der Waals surface area contributed by atoms with Gasteiger partial charge in [0, 0.05) is 29.6 Å². The van der Waals surface area contributed by atoms with Crippen LogP contribution in [0.1, 0.15) is 19.4 Å². The highest BCUT2D eigenvalue weighted by molar-refractivity contribution is 8.14. The van der Waals surface area contributed by atoms with Gasteiger partial charge >= 0.3 is 5.72 Å². The second-order valence-corrected chi connectivity index (χ2v) is 8.39. The molecule has 1 atom stereocenters. The quantitative estimate of drug-likeness (QED) is 0.469. The minimum absolute atomic E-state index is 0.550. The van der Waals surface area contributed by atoms with Crippen LogP contribution in [-0.2, 0) is 5.72 Å². The summed E-state index contributed by atoms with van der Waals surface area (Å²) in [7, 11) is 0. The Morgan fingerprint density at radius 1 is 1.03 bits per heavy atom. The average molecular weight is 432 g/mol. The van der Waals surface area contributed by atoms with E-state index in [1.54, 1.807) is 11.8 Å². The molecular weight excluding hydrogens is 404 g/mol. The van der Waals surface area contributed by atoms with Crippen LogP contribution in [0, 0.1) is 0 Å². The number of anilines is 1. The average Bonchev–Trinajstić information content (AvgIpc) is 3.13. The highest BCUT2D eigenvalue weighted by Gasteiger charge is 2.50. The largest absolute Gasteiger partial charge is 0.494 e. The molecule has 0 unspecified atom stereocenters. The SMILES string of the molecule is CCOc1ccc(N/C(C)=C\C2=[N+](c3ccccc3)[C@@](O)(c3ccccc3)CS2)cc1. The Hall–Kier alpha value is -3.02. The summed E-state index contributed by atoms with van der Waals surface area (Å²) in [6, 6.07) is 27.8. The van der Waals surface area contributed by atoms with E-state index >= 15 is 0 Å². The van der Waals surface area contributed by atoms with E-state index in [0.29, 0.717) is 12.4 Å². The Bertz CT molecular complexity index is 1080. The summed E-state index contributed by atoms with van der Waals surface area (Å²) in [5.74, 6) is 1.41. The molecule has 0 aliphatic carbocycles. The van der Waals surface area contributed by atoms with Crippen molar-refractivity contribution in [1.82, 2.24) is 0 Å². The second kappa shape index (κ2) is 9.41. The van der Waals surface area contributed by atoms with E-state index in [2.05, 4.69) is 11.4 Å². The Morgan fingerprint density at radius 2 is 1.68 bits per heavy atom. The molecule has 1 heterocycles. The molecule has 3 aromatic rings. The lowest BCUT2D eigenvalue weighted by Gasteiger charge is -2.20. The lowest BCUT2D eigenvalue weighted by Crippen LogP contribution is -2.36. The number of thioether (sulfide) groups is 1. The van der Waals surface area contributed by atoms with Crippen molar-refractivity contribution in [2.45, 2.75) is 19.6 Å². The van der Waals surface area contributed by atoms with Gasteiger partial charge in [0.25, 0.3) is 0 Å². The molecule has 0 saturated heterocycles. The van der Waals surface area contributed by atoms with Gasteiger partial charge in [-0.25, -0.2) is 0 Å². The van der Waals surface area contributed by atoms with Gasteiger partial charge in [-0.1, -0.05) is 36.4 Å². The number of nitrogens with zero attached hydrogens (tertiary/aromatic N) is 1. The van der Waals surface area contributed by atoms with Gasteiger partial charge in [0.15, 0.2) is 0 Å². The van der Waals surface area contributed by atoms with Crippen molar-refractivity contribution in [2.24, 2.45) is 0 Å². The van der Waals surface area contributed by atoms with Crippen molar-refractivity contribution in [1.29, 1.82) is 0 Å². The number of ether oxygens (including phenoxy) is 1. The molecular formula is C26H27N2O2S+. The molecule has 0 bridgehead atoms. The molecule has 0 aromatic heterocycles. The first-order chi connectivity index (χ1) is 15.1. The van der Waals surface area contributed by atoms with Crippen LogP contribution in [0.2, 0.25) is 0 Å². The summed E-state index contributed by atoms with van der Waals surface area (Å²) in [4.78, 5) is 0. The highest BCUT2D eigenvalue weighted by atomic mass is 32.2. The Labute approximate surface area is 187 Å². The summed E-state index contributed by atoms with van der Waals surface area (Å²) in [5, 5.41) is 16.2. The standard InChI is InChI=1S/C26H26N2O2S/c1-3-30-24-16-14-22(15-17-24)27-20(2)18-25-28(23-12-8-5-9-13-23)26(29,19-31-25)21-10-6-4-7-11-21/h4-18,29H,3,19H2,1-2H3/p+1/t26-/m0/s1. The summed E-state index contributed by atoms with van der Waals surface area (Å²) in [6.45, 7) is 4.67. The molecule has 5 heteroatoms. The number of nitrogens with one attached hydrogen (secondary N) is 1. The van der Waals surface area contributed by atoms with Crippen LogP contribution in [0.15, 0.2) is 96.7 Å². The van der Waals surface area contributed by atoms with Crippen LogP contribution in [-0.4, -0.2) is 27.1 Å². The Kier molecular flexibility index (Phi) is 6.44. The molecule has 0 saturated carbocycles. The topological polar surface area (TPSA) is 44.5 Å². The minimum Gasteiger partial charge on any atom is -0.494 e. The fourth-order valence-corrected chi connectivity index (χ4v) is 4.97. The summed E-state index contributed by atoms with van der Waals surface area (Å²) in [5.41, 5.74) is 2.71. The van der Waals surface area contributed by atoms with Gasteiger partial charge in [0.1, 0.15) is 11.5 Å². The third-order valence-corrected chi connectivity index (χ3v) is 6.25. The molecule has 158 valence electrons. The minimum atomic E-state index is -1.11. The van der Waals surface area contributed by atoms with E-state index in [1.165, 1.54) is 0 Å². The van der Waals surface area contributed by atoms with E-state index < -0.39 is 5.72 Å². The highest BCUT2D eigenvalue weighted by Crippen LogP contribution is 2.39. The smallest absolute Gasteiger partial charge is 0.307 e. The maximum absolute atomic E-state index is 11.8. The molecule has 1 aliphatic rings. The maximum atomic E-state index is 11.8. The van der Waals surface area contributed by atoms with Gasteiger partial charge in [0.05, 0.1) is 12.2 Å². The van der Waals surface area contributed by atoms with Gasteiger partial charge < -0.3 is 15.2 Å².